The third-order valence-electron chi connectivity index (χ3n) is 8.54. The summed E-state index contributed by atoms with van der Waals surface area (Å²) >= 11 is 0. The molecule has 0 aromatic heterocycles. The van der Waals surface area contributed by atoms with Gasteiger partial charge in [0.15, 0.2) is 6.10 Å². The lowest BCUT2D eigenvalue weighted by Gasteiger charge is -2.20. The van der Waals surface area contributed by atoms with Gasteiger partial charge in [-0.2, -0.15) is 0 Å². The van der Waals surface area contributed by atoms with Gasteiger partial charge in [0.25, 0.3) is 0 Å². The van der Waals surface area contributed by atoms with E-state index in [1.165, 1.54) is 64.2 Å². The first-order valence-corrected chi connectivity index (χ1v) is 23.0. The number of allylic oxidation sites excluding steroid dienone is 14. The second-order valence-corrected chi connectivity index (χ2v) is 15.5. The lowest BCUT2D eigenvalue weighted by Crippen LogP contribution is -2.29. The van der Waals surface area contributed by atoms with Gasteiger partial charge >= 0.3 is 19.8 Å². The van der Waals surface area contributed by atoms with Crippen molar-refractivity contribution in [1.29, 1.82) is 0 Å². The molecule has 3 N–H and O–H groups in total. The number of rotatable bonds is 39. The number of unbranched alkanes of at least 4 members (excludes halogenated alkanes) is 11. The Hall–Kier alpha value is -2.85. The maximum Gasteiger partial charge on any atom is 0.472 e. The van der Waals surface area contributed by atoms with Crippen molar-refractivity contribution in [3.63, 3.8) is 0 Å². The number of phosphoric acid groups is 1. The molecular formula is C46H77O10P. The van der Waals surface area contributed by atoms with Crippen molar-refractivity contribution in [2.75, 3.05) is 26.4 Å². The lowest BCUT2D eigenvalue weighted by atomic mass is 10.1. The number of carbonyl (C=O) groups excluding carboxylic acids is 2. The SMILES string of the molecule is CCCCC/C=C/C/C=C/C/C=C/C/C=C/C/C=C/CCC(=O)O[C@H](COC(=O)CCCC/C=C/C/C=C/CCCCCCCC)COP(=O)(O)OC[C@@H](O)CO. The van der Waals surface area contributed by atoms with E-state index in [0.29, 0.717) is 12.8 Å². The second-order valence-electron chi connectivity index (χ2n) is 14.0. The first-order valence-electron chi connectivity index (χ1n) is 21.5. The Labute approximate surface area is 345 Å². The van der Waals surface area contributed by atoms with E-state index in [2.05, 4.69) is 91.3 Å². The van der Waals surface area contributed by atoms with Crippen LogP contribution in [0.2, 0.25) is 0 Å². The molecule has 0 saturated heterocycles. The van der Waals surface area contributed by atoms with Crippen molar-refractivity contribution < 1.29 is 47.8 Å². The summed E-state index contributed by atoms with van der Waals surface area (Å²) < 4.78 is 32.6. The molecule has 0 saturated carbocycles. The molecule has 326 valence electrons. The molecule has 0 spiro atoms. The van der Waals surface area contributed by atoms with Crippen LogP contribution >= 0.6 is 7.82 Å². The Kier molecular flexibility index (Phi) is 39.2. The number of hydrogen-bond donors (Lipinski definition) is 3. The van der Waals surface area contributed by atoms with Crippen LogP contribution in [0.5, 0.6) is 0 Å². The fraction of sp³-hybridized carbons (Fsp3) is 0.652. The van der Waals surface area contributed by atoms with Gasteiger partial charge in [-0.05, 0) is 83.5 Å². The Morgan fingerprint density at radius 3 is 1.47 bits per heavy atom. The topological polar surface area (TPSA) is 149 Å². The molecule has 0 amide bonds. The minimum absolute atomic E-state index is 0.0496. The number of hydrogen-bond acceptors (Lipinski definition) is 9. The van der Waals surface area contributed by atoms with E-state index in [1.54, 1.807) is 0 Å². The first-order chi connectivity index (χ1) is 27.7. The largest absolute Gasteiger partial charge is 0.472 e. The molecule has 0 heterocycles. The third-order valence-corrected chi connectivity index (χ3v) is 9.49. The minimum atomic E-state index is -4.65. The summed E-state index contributed by atoms with van der Waals surface area (Å²) in [5.74, 6) is -1.07. The lowest BCUT2D eigenvalue weighted by molar-refractivity contribution is -0.161. The van der Waals surface area contributed by atoms with E-state index in [1.807, 2.05) is 12.2 Å². The number of aliphatic hydroxyl groups is 2. The molecule has 0 radical (unpaired) electrons. The van der Waals surface area contributed by atoms with Crippen LogP contribution in [0, 0.1) is 0 Å². The van der Waals surface area contributed by atoms with Crippen LogP contribution < -0.4 is 0 Å². The van der Waals surface area contributed by atoms with E-state index >= 15 is 0 Å². The molecule has 0 rings (SSSR count). The van der Waals surface area contributed by atoms with Gasteiger partial charge in [-0.1, -0.05) is 144 Å². The number of aliphatic hydroxyl groups excluding tert-OH is 2. The smallest absolute Gasteiger partial charge is 0.462 e. The number of ether oxygens (including phenoxy) is 2. The molecule has 1 unspecified atom stereocenters. The number of esters is 2. The van der Waals surface area contributed by atoms with Gasteiger partial charge < -0.3 is 24.6 Å². The molecular weight excluding hydrogens is 743 g/mol. The average molecular weight is 821 g/mol. The summed E-state index contributed by atoms with van der Waals surface area (Å²) in [6.45, 7) is 2.20. The van der Waals surface area contributed by atoms with Crippen molar-refractivity contribution in [2.45, 2.75) is 167 Å². The average Bonchev–Trinajstić information content (AvgIpc) is 3.20. The van der Waals surface area contributed by atoms with Crippen molar-refractivity contribution in [2.24, 2.45) is 0 Å². The molecule has 3 atom stereocenters. The Morgan fingerprint density at radius 2 is 0.947 bits per heavy atom. The summed E-state index contributed by atoms with van der Waals surface area (Å²) in [5.41, 5.74) is 0. The molecule has 0 aromatic carbocycles. The molecule has 57 heavy (non-hydrogen) atoms. The summed E-state index contributed by atoms with van der Waals surface area (Å²) in [6, 6.07) is 0. The van der Waals surface area contributed by atoms with Crippen LogP contribution in [0.3, 0.4) is 0 Å². The molecule has 0 aliphatic carbocycles. The quantitative estimate of drug-likeness (QED) is 0.0237. The molecule has 0 fully saturated rings. The molecule has 0 aliphatic rings. The van der Waals surface area contributed by atoms with Gasteiger partial charge in [0, 0.05) is 12.8 Å². The molecule has 0 aromatic rings. The van der Waals surface area contributed by atoms with Gasteiger partial charge in [-0.3, -0.25) is 18.6 Å². The predicted octanol–water partition coefficient (Wildman–Crippen LogP) is 11.4. The summed E-state index contributed by atoms with van der Waals surface area (Å²) in [4.78, 5) is 34.9. The van der Waals surface area contributed by atoms with Crippen LogP contribution in [0.15, 0.2) is 85.1 Å². The standard InChI is InChI=1S/C46H77O10P/c1-3-5-7-9-11-13-15-17-19-20-21-22-24-26-28-30-32-34-36-38-46(50)56-44(42-55-57(51,52)54-40-43(48)39-47)41-53-45(49)37-35-33-31-29-27-25-23-18-16-14-12-10-8-6-4-2/h11,13,17-19,21-23,26-29,32,34,43-44,47-48H,3-10,12,14-16,20,24-25,30-31,33,35-42H2,1-2H3,(H,51,52)/b13-11+,19-17+,22-21+,23-18+,28-26+,29-27+,34-32+/t43-,44+/m0/s1. The highest BCUT2D eigenvalue weighted by Crippen LogP contribution is 2.43. The number of phosphoric ester groups is 1. The van der Waals surface area contributed by atoms with Gasteiger partial charge in [-0.25, -0.2) is 4.57 Å². The Bertz CT molecular complexity index is 1220. The van der Waals surface area contributed by atoms with Gasteiger partial charge in [0.1, 0.15) is 12.7 Å². The Balaban J connectivity index is 4.51. The zero-order chi connectivity index (χ0) is 41.9. The highest BCUT2D eigenvalue weighted by Gasteiger charge is 2.27. The summed E-state index contributed by atoms with van der Waals surface area (Å²) in [7, 11) is -4.65. The normalized spacial score (nSPS) is 14.7. The second kappa shape index (κ2) is 41.3. The van der Waals surface area contributed by atoms with Crippen LogP contribution in [0.4, 0.5) is 0 Å². The Morgan fingerprint density at radius 1 is 0.526 bits per heavy atom. The van der Waals surface area contributed by atoms with Crippen molar-refractivity contribution in [3.8, 4) is 0 Å². The van der Waals surface area contributed by atoms with Crippen LogP contribution in [-0.4, -0.2) is 65.7 Å². The van der Waals surface area contributed by atoms with Gasteiger partial charge in [0.2, 0.25) is 0 Å². The van der Waals surface area contributed by atoms with Crippen LogP contribution in [-0.2, 0) is 32.7 Å². The van der Waals surface area contributed by atoms with Crippen LogP contribution in [0.1, 0.15) is 155 Å². The first kappa shape index (κ1) is 54.2. The predicted molar refractivity (Wildman–Crippen MR) is 233 cm³/mol. The highest BCUT2D eigenvalue weighted by atomic mass is 31.2. The van der Waals surface area contributed by atoms with Gasteiger partial charge in [0.05, 0.1) is 19.8 Å². The van der Waals surface area contributed by atoms with E-state index in [-0.39, 0.29) is 19.4 Å². The van der Waals surface area contributed by atoms with Gasteiger partial charge in [-0.15, -0.1) is 0 Å². The van der Waals surface area contributed by atoms with E-state index in [9.17, 15) is 24.2 Å². The fourth-order valence-corrected chi connectivity index (χ4v) is 5.97. The zero-order valence-electron chi connectivity index (χ0n) is 35.3. The molecule has 0 aliphatic heterocycles. The van der Waals surface area contributed by atoms with Crippen molar-refractivity contribution in [1.82, 2.24) is 0 Å². The molecule has 10 nitrogen and oxygen atoms in total. The monoisotopic (exact) mass is 821 g/mol. The van der Waals surface area contributed by atoms with E-state index in [0.717, 1.165) is 51.4 Å². The molecule has 0 bridgehead atoms. The number of carbonyl (C=O) groups is 2. The minimum Gasteiger partial charge on any atom is -0.462 e. The van der Waals surface area contributed by atoms with Crippen molar-refractivity contribution >= 4 is 19.8 Å². The van der Waals surface area contributed by atoms with Crippen LogP contribution in [0.25, 0.3) is 0 Å². The van der Waals surface area contributed by atoms with Crippen molar-refractivity contribution in [3.05, 3.63) is 85.1 Å². The summed E-state index contributed by atoms with van der Waals surface area (Å²) in [5, 5.41) is 18.3. The molecule has 11 heteroatoms. The maximum atomic E-state index is 12.6. The highest BCUT2D eigenvalue weighted by molar-refractivity contribution is 7.47. The van der Waals surface area contributed by atoms with E-state index in [4.69, 9.17) is 19.1 Å². The maximum absolute atomic E-state index is 12.6. The fourth-order valence-electron chi connectivity index (χ4n) is 5.18. The zero-order valence-corrected chi connectivity index (χ0v) is 36.2. The van der Waals surface area contributed by atoms with E-state index < -0.39 is 51.8 Å². The third kappa shape index (κ3) is 41.1. The summed E-state index contributed by atoms with van der Waals surface area (Å²) in [6.07, 6.45) is 48.5.